The molecule has 1 unspecified atom stereocenters. The molecule has 0 aliphatic rings. The van der Waals surface area contributed by atoms with Crippen molar-refractivity contribution >= 4 is 15.9 Å². The molecule has 1 N–H and O–H groups in total. The van der Waals surface area contributed by atoms with Crippen molar-refractivity contribution in [2.45, 2.75) is 46.2 Å². The van der Waals surface area contributed by atoms with Crippen molar-refractivity contribution < 1.29 is 9.47 Å². The molecule has 0 amide bonds. The molecule has 0 aliphatic heterocycles. The molecule has 3 nitrogen and oxygen atoms in total. The molecule has 2 aromatic rings. The van der Waals surface area contributed by atoms with Crippen LogP contribution in [0, 0.1) is 0 Å². The fraction of sp³-hybridized carbons (Fsp3) is 0.429. The Morgan fingerprint density at radius 1 is 1.00 bits per heavy atom. The van der Waals surface area contributed by atoms with Crippen molar-refractivity contribution in [3.8, 4) is 11.5 Å². The molecule has 2 aromatic carbocycles. The normalized spacial score (nSPS) is 12.0. The summed E-state index contributed by atoms with van der Waals surface area (Å²) in [6.45, 7) is 8.24. The molecule has 0 aromatic heterocycles. The predicted octanol–water partition coefficient (Wildman–Crippen LogP) is 5.36. The number of halogens is 1. The van der Waals surface area contributed by atoms with E-state index in [4.69, 9.17) is 9.47 Å². The second kappa shape index (κ2) is 10.5. The summed E-state index contributed by atoms with van der Waals surface area (Å²) in [6.07, 6.45) is 2.20. The van der Waals surface area contributed by atoms with Gasteiger partial charge in [-0.1, -0.05) is 30.3 Å². The van der Waals surface area contributed by atoms with Crippen molar-refractivity contribution in [2.24, 2.45) is 0 Å². The number of nitrogens with one attached hydrogen (secondary N) is 1. The Labute approximate surface area is 159 Å². The SMILES string of the molecule is CCOc1cc(CNC(C)CCc2ccccc2)cc(Br)c1OCC. The van der Waals surface area contributed by atoms with Crippen LogP contribution < -0.4 is 14.8 Å². The lowest BCUT2D eigenvalue weighted by Crippen LogP contribution is -2.26. The van der Waals surface area contributed by atoms with E-state index >= 15 is 0 Å². The third kappa shape index (κ3) is 6.37. The van der Waals surface area contributed by atoms with Gasteiger partial charge < -0.3 is 14.8 Å². The van der Waals surface area contributed by atoms with Crippen LogP contribution in [0.1, 0.15) is 38.3 Å². The molecular formula is C21H28BrNO2. The summed E-state index contributed by atoms with van der Waals surface area (Å²) in [5.74, 6) is 1.58. The highest BCUT2D eigenvalue weighted by atomic mass is 79.9. The van der Waals surface area contributed by atoms with Crippen LogP contribution in [0.3, 0.4) is 0 Å². The smallest absolute Gasteiger partial charge is 0.175 e. The van der Waals surface area contributed by atoms with Gasteiger partial charge in [0.25, 0.3) is 0 Å². The van der Waals surface area contributed by atoms with Crippen LogP contribution in [-0.4, -0.2) is 19.3 Å². The fourth-order valence-corrected chi connectivity index (χ4v) is 3.30. The van der Waals surface area contributed by atoms with Crippen LogP contribution in [-0.2, 0) is 13.0 Å². The minimum absolute atomic E-state index is 0.445. The maximum Gasteiger partial charge on any atom is 0.175 e. The zero-order valence-corrected chi connectivity index (χ0v) is 16.9. The van der Waals surface area contributed by atoms with E-state index in [1.165, 1.54) is 11.1 Å². The summed E-state index contributed by atoms with van der Waals surface area (Å²) >= 11 is 3.60. The lowest BCUT2D eigenvalue weighted by atomic mass is 10.1. The average molecular weight is 406 g/mol. The van der Waals surface area contributed by atoms with Crippen LogP contribution in [0.25, 0.3) is 0 Å². The third-order valence-electron chi connectivity index (χ3n) is 4.02. The van der Waals surface area contributed by atoms with Crippen LogP contribution in [0.15, 0.2) is 46.9 Å². The first-order valence-electron chi connectivity index (χ1n) is 8.99. The molecule has 0 radical (unpaired) electrons. The van der Waals surface area contributed by atoms with Gasteiger partial charge in [0.05, 0.1) is 17.7 Å². The largest absolute Gasteiger partial charge is 0.490 e. The Hall–Kier alpha value is -1.52. The van der Waals surface area contributed by atoms with Crippen molar-refractivity contribution in [3.05, 3.63) is 58.1 Å². The minimum Gasteiger partial charge on any atom is -0.490 e. The highest BCUT2D eigenvalue weighted by Crippen LogP contribution is 2.37. The summed E-state index contributed by atoms with van der Waals surface area (Å²) in [7, 11) is 0. The molecule has 1 atom stereocenters. The maximum atomic E-state index is 5.74. The molecular weight excluding hydrogens is 378 g/mol. The second-order valence-corrected chi connectivity index (χ2v) is 6.93. The molecule has 0 saturated heterocycles. The topological polar surface area (TPSA) is 30.5 Å². The van der Waals surface area contributed by atoms with E-state index < -0.39 is 0 Å². The second-order valence-electron chi connectivity index (χ2n) is 6.08. The zero-order chi connectivity index (χ0) is 18.1. The van der Waals surface area contributed by atoms with Gasteiger partial charge in [-0.05, 0) is 72.8 Å². The first-order valence-corrected chi connectivity index (χ1v) is 9.78. The van der Waals surface area contributed by atoms with E-state index in [0.717, 1.165) is 35.4 Å². The number of hydrogen-bond donors (Lipinski definition) is 1. The molecule has 0 spiro atoms. The Morgan fingerprint density at radius 2 is 1.72 bits per heavy atom. The van der Waals surface area contributed by atoms with Gasteiger partial charge in [-0.3, -0.25) is 0 Å². The van der Waals surface area contributed by atoms with E-state index in [0.29, 0.717) is 19.3 Å². The van der Waals surface area contributed by atoms with Crippen molar-refractivity contribution in [2.75, 3.05) is 13.2 Å². The van der Waals surface area contributed by atoms with Gasteiger partial charge >= 0.3 is 0 Å². The summed E-state index contributed by atoms with van der Waals surface area (Å²) in [4.78, 5) is 0. The molecule has 2 rings (SSSR count). The molecule has 4 heteroatoms. The first-order chi connectivity index (χ1) is 12.1. The number of ether oxygens (including phenoxy) is 2. The first kappa shape index (κ1) is 19.8. The van der Waals surface area contributed by atoms with Gasteiger partial charge in [0.2, 0.25) is 0 Å². The maximum absolute atomic E-state index is 5.74. The van der Waals surface area contributed by atoms with Gasteiger partial charge in [-0.2, -0.15) is 0 Å². The molecule has 136 valence electrons. The van der Waals surface area contributed by atoms with Crippen LogP contribution in [0.2, 0.25) is 0 Å². The Balaban J connectivity index is 1.92. The van der Waals surface area contributed by atoms with Gasteiger partial charge in [0.1, 0.15) is 0 Å². The molecule has 0 fully saturated rings. The number of benzene rings is 2. The molecule has 0 saturated carbocycles. The fourth-order valence-electron chi connectivity index (χ4n) is 2.69. The van der Waals surface area contributed by atoms with Crippen LogP contribution >= 0.6 is 15.9 Å². The number of hydrogen-bond acceptors (Lipinski definition) is 3. The highest BCUT2D eigenvalue weighted by Gasteiger charge is 2.12. The van der Waals surface area contributed by atoms with Gasteiger partial charge in [0, 0.05) is 12.6 Å². The molecule has 0 aliphatic carbocycles. The summed E-state index contributed by atoms with van der Waals surface area (Å²) in [5, 5.41) is 3.60. The Morgan fingerprint density at radius 3 is 2.40 bits per heavy atom. The summed E-state index contributed by atoms with van der Waals surface area (Å²) in [5.41, 5.74) is 2.57. The monoisotopic (exact) mass is 405 g/mol. The van der Waals surface area contributed by atoms with E-state index in [1.54, 1.807) is 0 Å². The van der Waals surface area contributed by atoms with Crippen molar-refractivity contribution in [1.29, 1.82) is 0 Å². The highest BCUT2D eigenvalue weighted by molar-refractivity contribution is 9.10. The van der Waals surface area contributed by atoms with Gasteiger partial charge in [-0.25, -0.2) is 0 Å². The molecule has 0 bridgehead atoms. The van der Waals surface area contributed by atoms with E-state index in [-0.39, 0.29) is 0 Å². The molecule has 25 heavy (non-hydrogen) atoms. The predicted molar refractivity (Wildman–Crippen MR) is 108 cm³/mol. The van der Waals surface area contributed by atoms with Gasteiger partial charge in [0.15, 0.2) is 11.5 Å². The van der Waals surface area contributed by atoms with Crippen LogP contribution in [0.5, 0.6) is 11.5 Å². The zero-order valence-electron chi connectivity index (χ0n) is 15.3. The average Bonchev–Trinajstić information content (AvgIpc) is 2.62. The van der Waals surface area contributed by atoms with Gasteiger partial charge in [-0.15, -0.1) is 0 Å². The van der Waals surface area contributed by atoms with E-state index in [1.807, 2.05) is 13.8 Å². The molecule has 0 heterocycles. The van der Waals surface area contributed by atoms with Crippen LogP contribution in [0.4, 0.5) is 0 Å². The lowest BCUT2D eigenvalue weighted by Gasteiger charge is -2.17. The Kier molecular flexibility index (Phi) is 8.29. The summed E-state index contributed by atoms with van der Waals surface area (Å²) in [6, 6.07) is 15.2. The van der Waals surface area contributed by atoms with E-state index in [9.17, 15) is 0 Å². The lowest BCUT2D eigenvalue weighted by molar-refractivity contribution is 0.286. The Bertz CT molecular complexity index is 646. The quantitative estimate of drug-likeness (QED) is 0.577. The standard InChI is InChI=1S/C21H28BrNO2/c1-4-24-20-14-18(13-19(22)21(20)25-5-2)15-23-16(3)11-12-17-9-7-6-8-10-17/h6-10,13-14,16,23H,4-5,11-12,15H2,1-3H3. The van der Waals surface area contributed by atoms with E-state index in [2.05, 4.69) is 70.6 Å². The third-order valence-corrected chi connectivity index (χ3v) is 4.61. The van der Waals surface area contributed by atoms with Crippen molar-refractivity contribution in [3.63, 3.8) is 0 Å². The number of rotatable bonds is 10. The minimum atomic E-state index is 0.445. The number of aryl methyl sites for hydroxylation is 1. The summed E-state index contributed by atoms with van der Waals surface area (Å²) < 4.78 is 12.4. The van der Waals surface area contributed by atoms with Crippen molar-refractivity contribution in [1.82, 2.24) is 5.32 Å².